The first-order valence-electron chi connectivity index (χ1n) is 25.7. The summed E-state index contributed by atoms with van der Waals surface area (Å²) in [4.78, 5) is 89.9. The van der Waals surface area contributed by atoms with Gasteiger partial charge in [0.2, 0.25) is 11.3 Å². The second kappa shape index (κ2) is 26.7. The molecule has 3 heterocycles. The van der Waals surface area contributed by atoms with Gasteiger partial charge in [-0.1, -0.05) is 12.5 Å². The van der Waals surface area contributed by atoms with Crippen LogP contribution in [-0.4, -0.2) is 166 Å². The highest BCUT2D eigenvalue weighted by Crippen LogP contribution is 2.44. The minimum Gasteiger partial charge on any atom is -0.488 e. The predicted molar refractivity (Wildman–Crippen MR) is 295 cm³/mol. The molecule has 3 unspecified atom stereocenters. The van der Waals surface area contributed by atoms with E-state index in [1.54, 1.807) is 18.2 Å². The van der Waals surface area contributed by atoms with Crippen molar-refractivity contribution in [1.29, 1.82) is 0 Å². The van der Waals surface area contributed by atoms with Gasteiger partial charge in [0.15, 0.2) is 0 Å². The van der Waals surface area contributed by atoms with Gasteiger partial charge in [0.25, 0.3) is 5.91 Å². The molecule has 22 nitrogen and oxygen atoms in total. The molecule has 8 N–H and O–H groups in total. The number of rotatable bonds is 29. The highest BCUT2D eigenvalue weighted by Gasteiger charge is 2.42. The van der Waals surface area contributed by atoms with E-state index in [1.165, 1.54) is 18.2 Å². The molecule has 2 fully saturated rings. The Hall–Kier alpha value is -8.21. The summed E-state index contributed by atoms with van der Waals surface area (Å²) in [5.74, 6) is -4.12. The Morgan fingerprint density at radius 2 is 1.38 bits per heavy atom. The van der Waals surface area contributed by atoms with E-state index in [4.69, 9.17) is 13.9 Å². The number of urea groups is 1. The molecule has 3 aromatic rings. The number of carbonyl (C=O) groups is 7. The molecule has 7 rings (SSSR count). The zero-order chi connectivity index (χ0) is 56.0. The molecule has 78 heavy (non-hydrogen) atoms. The number of ether oxygens (including phenoxy) is 2. The van der Waals surface area contributed by atoms with Crippen LogP contribution in [0.1, 0.15) is 55.3 Å². The van der Waals surface area contributed by atoms with Crippen LogP contribution in [0.5, 0.6) is 11.5 Å². The SMILES string of the molecule is CN(C)c1ccc2c(-c3ccc(N(CC(=O)O)CC(=O)O)c(OCCOc4ccc(C(=O)NCCCCCNC(=O)CCCCC5SCC6NC(=O)NC65)cc4N(CC(=O)O)CC(=O)O)c3)c3ccc(=[N+](C)C)cc-3oc2c1. The van der Waals surface area contributed by atoms with Crippen molar-refractivity contribution in [2.45, 2.75) is 62.3 Å². The van der Waals surface area contributed by atoms with E-state index >= 15 is 0 Å². The van der Waals surface area contributed by atoms with Crippen LogP contribution in [0.2, 0.25) is 0 Å². The second-order valence-electron chi connectivity index (χ2n) is 19.5. The summed E-state index contributed by atoms with van der Waals surface area (Å²) in [7, 11) is 7.67. The standard InChI is InChI=1S/C55H66N8O14S/c1-60(2)35-14-16-37-43(26-35)77-44-27-36(61(3)4)15-17-38(44)52(37)33-12-18-40(62(28-48(65)66)29-49(67)68)45(25-33)76-23-22-75-42-19-13-34(24-41(42)63(30-50(69)70)31-51(71)72)54(73)57-21-9-5-8-20-56-47(64)11-7-6-10-46-53-39(32-78-46)58-55(74)59-53/h12-19,24-27,39,46,53H,5-11,20-23,28-32H2,1-4H3,(H7-,56,57,58,59,64,65,66,67,68,69,70,71,72,73,74)/p+1. The van der Waals surface area contributed by atoms with Gasteiger partial charge in [0.05, 0.1) is 29.5 Å². The lowest BCUT2D eigenvalue weighted by molar-refractivity contribution is -0.138. The first-order valence-corrected chi connectivity index (χ1v) is 26.7. The average molecular weight is 1100 g/mol. The quantitative estimate of drug-likeness (QED) is 0.0142. The molecule has 416 valence electrons. The smallest absolute Gasteiger partial charge is 0.323 e. The number of fused-ring (bicyclic) bond motifs is 3. The molecule has 0 spiro atoms. The van der Waals surface area contributed by atoms with Crippen molar-refractivity contribution in [3.8, 4) is 33.9 Å². The second-order valence-corrected chi connectivity index (χ2v) is 20.8. The number of hydrogen-bond acceptors (Lipinski definition) is 14. The van der Waals surface area contributed by atoms with E-state index in [2.05, 4.69) is 21.3 Å². The number of carbonyl (C=O) groups excluding carboxylic acids is 3. The number of hydrogen-bond donors (Lipinski definition) is 8. The number of unbranched alkanes of at least 4 members (excludes halogenated alkanes) is 3. The molecule has 3 aromatic carbocycles. The zero-order valence-electron chi connectivity index (χ0n) is 44.0. The topological polar surface area (TPSA) is 293 Å². The predicted octanol–water partition coefficient (Wildman–Crippen LogP) is 4.45. The zero-order valence-corrected chi connectivity index (χ0v) is 44.9. The van der Waals surface area contributed by atoms with E-state index in [0.717, 1.165) is 62.4 Å². The largest absolute Gasteiger partial charge is 0.488 e. The molecule has 23 heteroatoms. The first kappa shape index (κ1) is 57.5. The van der Waals surface area contributed by atoms with Crippen LogP contribution in [-0.2, 0) is 24.0 Å². The fraction of sp³-hybridized carbons (Fsp3) is 0.418. The minimum atomic E-state index is -1.34. The maximum atomic E-state index is 13.4. The molecule has 3 aliphatic heterocycles. The van der Waals surface area contributed by atoms with Crippen molar-refractivity contribution in [1.82, 2.24) is 25.8 Å². The van der Waals surface area contributed by atoms with Crippen LogP contribution in [0.15, 0.2) is 77.2 Å². The molecule has 0 radical (unpaired) electrons. The van der Waals surface area contributed by atoms with Crippen molar-refractivity contribution in [3.63, 3.8) is 0 Å². The van der Waals surface area contributed by atoms with Gasteiger partial charge in [-0.15, -0.1) is 0 Å². The minimum absolute atomic E-state index is 0.00809. The fourth-order valence-corrected chi connectivity index (χ4v) is 11.1. The number of anilines is 3. The fourth-order valence-electron chi connectivity index (χ4n) is 9.54. The Morgan fingerprint density at radius 1 is 0.718 bits per heavy atom. The number of nitrogens with one attached hydrogen (secondary N) is 4. The van der Waals surface area contributed by atoms with Crippen molar-refractivity contribution in [2.75, 3.05) is 101 Å². The van der Waals surface area contributed by atoms with Gasteiger partial charge >= 0.3 is 29.9 Å². The molecule has 3 atom stereocenters. The summed E-state index contributed by atoms with van der Waals surface area (Å²) in [6, 6.07) is 21.1. The van der Waals surface area contributed by atoms with E-state index in [1.807, 2.05) is 85.8 Å². The molecule has 0 saturated carbocycles. The highest BCUT2D eigenvalue weighted by molar-refractivity contribution is 8.00. The van der Waals surface area contributed by atoms with Crippen LogP contribution in [0.3, 0.4) is 0 Å². The van der Waals surface area contributed by atoms with E-state index < -0.39 is 56.0 Å². The summed E-state index contributed by atoms with van der Waals surface area (Å²) in [5, 5.41) is 53.0. The summed E-state index contributed by atoms with van der Waals surface area (Å²) in [6.07, 6.45) is 5.00. The summed E-state index contributed by atoms with van der Waals surface area (Å²) >= 11 is 1.85. The first-order chi connectivity index (χ1) is 37.3. The van der Waals surface area contributed by atoms with Gasteiger partial charge in [0.1, 0.15) is 76.3 Å². The van der Waals surface area contributed by atoms with Crippen molar-refractivity contribution >= 4 is 81.5 Å². The van der Waals surface area contributed by atoms with Crippen LogP contribution in [0.25, 0.3) is 33.4 Å². The number of carboxylic acids is 4. The average Bonchev–Trinajstić information content (AvgIpc) is 3.97. The lowest BCUT2D eigenvalue weighted by Crippen LogP contribution is -2.36. The Balaban J connectivity index is 1.02. The maximum Gasteiger partial charge on any atom is 0.323 e. The van der Waals surface area contributed by atoms with E-state index in [0.29, 0.717) is 60.9 Å². The normalized spacial score (nSPS) is 15.4. The summed E-state index contributed by atoms with van der Waals surface area (Å²) < 4.78 is 20.9. The van der Waals surface area contributed by atoms with E-state index in [-0.39, 0.29) is 65.7 Å². The summed E-state index contributed by atoms with van der Waals surface area (Å²) in [5.41, 5.74) is 3.92. The van der Waals surface area contributed by atoms with Gasteiger partial charge in [-0.05, 0) is 86.2 Å². The Bertz CT molecular complexity index is 3040. The van der Waals surface area contributed by atoms with Crippen LogP contribution >= 0.6 is 11.8 Å². The van der Waals surface area contributed by atoms with Gasteiger partial charge in [-0.25, -0.2) is 9.37 Å². The van der Waals surface area contributed by atoms with Crippen LogP contribution in [0, 0.1) is 0 Å². The number of nitrogens with zero attached hydrogens (tertiary/aromatic N) is 4. The monoisotopic (exact) mass is 1100 g/mol. The molecule has 4 amide bonds. The lowest BCUT2D eigenvalue weighted by Gasteiger charge is -2.25. The molecular formula is C55H67N8O14S+. The number of thioether (sulfide) groups is 1. The third-order valence-corrected chi connectivity index (χ3v) is 14.8. The van der Waals surface area contributed by atoms with Crippen LogP contribution < -0.4 is 55.4 Å². The summed E-state index contributed by atoms with van der Waals surface area (Å²) in [6.45, 7) is -2.51. The lowest BCUT2D eigenvalue weighted by atomic mass is 9.93. The van der Waals surface area contributed by atoms with E-state index in [9.17, 15) is 54.0 Å². The van der Waals surface area contributed by atoms with Crippen molar-refractivity contribution < 1.29 is 67.9 Å². The Kier molecular flexibility index (Phi) is 19.7. The van der Waals surface area contributed by atoms with Gasteiger partial charge in [-0.2, -0.15) is 11.8 Å². The number of carboxylic acid groups (broad SMARTS) is 4. The highest BCUT2D eigenvalue weighted by atomic mass is 32.2. The third-order valence-electron chi connectivity index (χ3n) is 13.3. The molecule has 1 aliphatic carbocycles. The molecule has 4 aliphatic rings. The number of aliphatic carboxylic acids is 4. The van der Waals surface area contributed by atoms with Crippen LogP contribution in [0.4, 0.5) is 21.9 Å². The van der Waals surface area contributed by atoms with Gasteiger partial charge in [-0.3, -0.25) is 28.8 Å². The number of benzene rings is 4. The van der Waals surface area contributed by atoms with Gasteiger partial charge < -0.3 is 70.3 Å². The molecular weight excluding hydrogens is 1030 g/mol. The Labute approximate surface area is 454 Å². The molecule has 0 aromatic heterocycles. The Morgan fingerprint density at radius 3 is 2.05 bits per heavy atom. The van der Waals surface area contributed by atoms with Crippen molar-refractivity contribution in [3.05, 3.63) is 83.7 Å². The maximum absolute atomic E-state index is 13.4. The third kappa shape index (κ3) is 15.3. The molecule has 2 saturated heterocycles. The number of amides is 4. The van der Waals surface area contributed by atoms with Gasteiger partial charge in [0, 0.05) is 84.5 Å². The molecule has 0 bridgehead atoms. The van der Waals surface area contributed by atoms with Crippen molar-refractivity contribution in [2.24, 2.45) is 0 Å².